The van der Waals surface area contributed by atoms with Crippen LogP contribution in [0.4, 0.5) is 0 Å². The quantitative estimate of drug-likeness (QED) is 0.574. The van der Waals surface area contributed by atoms with Crippen LogP contribution >= 0.6 is 27.3 Å². The van der Waals surface area contributed by atoms with Gasteiger partial charge in [0, 0.05) is 31.6 Å². The molecule has 1 atom stereocenters. The summed E-state index contributed by atoms with van der Waals surface area (Å²) in [6.45, 7) is 7.96. The monoisotopic (exact) mass is 464 g/mol. The van der Waals surface area contributed by atoms with Crippen LogP contribution in [-0.4, -0.2) is 49.2 Å². The second kappa shape index (κ2) is 9.66. The van der Waals surface area contributed by atoms with Crippen molar-refractivity contribution in [1.82, 2.24) is 9.21 Å². The van der Waals surface area contributed by atoms with Crippen molar-refractivity contribution in [2.45, 2.75) is 63.1 Å². The Morgan fingerprint density at radius 2 is 2.00 bits per heavy atom. The number of carbonyl (C=O) groups excluding carboxylic acids is 1. The molecule has 0 aliphatic carbocycles. The third-order valence-electron chi connectivity index (χ3n) is 5.10. The number of hydrogen-bond donors (Lipinski definition) is 0. The topological polar surface area (TPSA) is 57.7 Å². The molecule has 5 nitrogen and oxygen atoms in total. The Kier molecular flexibility index (Phi) is 8.12. The number of nitrogens with zero attached hydrogens (tertiary/aromatic N) is 2. The van der Waals surface area contributed by atoms with Crippen LogP contribution in [0.1, 0.15) is 52.9 Å². The Balaban J connectivity index is 2.01. The van der Waals surface area contributed by atoms with Gasteiger partial charge in [-0.2, -0.15) is 4.31 Å². The molecular weight excluding hydrogens is 436 g/mol. The molecule has 0 radical (unpaired) electrons. The molecule has 2 heterocycles. The third-order valence-corrected chi connectivity index (χ3v) is 9.09. The minimum atomic E-state index is -3.45. The molecule has 1 aliphatic heterocycles. The predicted octanol–water partition coefficient (Wildman–Crippen LogP) is 4.34. The highest BCUT2D eigenvalue weighted by molar-refractivity contribution is 9.11. The molecule has 0 N–H and O–H groups in total. The van der Waals surface area contributed by atoms with Gasteiger partial charge in [0.1, 0.15) is 4.21 Å². The van der Waals surface area contributed by atoms with Gasteiger partial charge >= 0.3 is 0 Å². The van der Waals surface area contributed by atoms with Crippen LogP contribution in [0.25, 0.3) is 0 Å². The Bertz CT molecular complexity index is 697. The normalized spacial score (nSPS) is 18.0. The molecule has 1 aliphatic rings. The molecule has 26 heavy (non-hydrogen) atoms. The highest BCUT2D eigenvalue weighted by atomic mass is 79.9. The summed E-state index contributed by atoms with van der Waals surface area (Å²) in [4.78, 5) is 15.0. The summed E-state index contributed by atoms with van der Waals surface area (Å²) >= 11 is 4.55. The maximum absolute atomic E-state index is 13.0. The number of hydrogen-bond acceptors (Lipinski definition) is 4. The Hall–Kier alpha value is -0.440. The standard InChI is InChI=1S/C18H29BrN2O3S2/c1-4-6-11-21(14(3)5-2)18(22)15-9-12-20(13-10-15)26(23,24)17-8-7-16(19)25-17/h7-8,14-15H,4-6,9-13H2,1-3H3. The third kappa shape index (κ3) is 5.09. The van der Waals surface area contributed by atoms with Crippen LogP contribution in [-0.2, 0) is 14.8 Å². The van der Waals surface area contributed by atoms with E-state index in [2.05, 4.69) is 36.7 Å². The predicted molar refractivity (Wildman–Crippen MR) is 110 cm³/mol. The van der Waals surface area contributed by atoms with E-state index in [1.807, 2.05) is 4.90 Å². The summed E-state index contributed by atoms with van der Waals surface area (Å²) < 4.78 is 28.1. The van der Waals surface area contributed by atoms with Gasteiger partial charge in [-0.25, -0.2) is 8.42 Å². The number of piperidine rings is 1. The Labute approximate surface area is 169 Å². The fourth-order valence-electron chi connectivity index (χ4n) is 3.24. The van der Waals surface area contributed by atoms with Crippen molar-refractivity contribution in [2.24, 2.45) is 5.92 Å². The zero-order valence-electron chi connectivity index (χ0n) is 15.8. The van der Waals surface area contributed by atoms with Crippen molar-refractivity contribution in [3.05, 3.63) is 15.9 Å². The van der Waals surface area contributed by atoms with Crippen molar-refractivity contribution < 1.29 is 13.2 Å². The summed E-state index contributed by atoms with van der Waals surface area (Å²) in [6.07, 6.45) is 4.22. The number of thiophene rings is 1. The summed E-state index contributed by atoms with van der Waals surface area (Å²) in [5, 5.41) is 0. The molecule has 1 unspecified atom stereocenters. The van der Waals surface area contributed by atoms with Gasteiger partial charge in [0.15, 0.2) is 0 Å². The zero-order chi connectivity index (χ0) is 19.3. The van der Waals surface area contributed by atoms with Crippen LogP contribution < -0.4 is 0 Å². The molecule has 1 aromatic heterocycles. The van der Waals surface area contributed by atoms with E-state index in [9.17, 15) is 13.2 Å². The highest BCUT2D eigenvalue weighted by Crippen LogP contribution is 2.31. The van der Waals surface area contributed by atoms with Gasteiger partial charge in [-0.05, 0) is 60.7 Å². The maximum atomic E-state index is 13.0. The van der Waals surface area contributed by atoms with Crippen molar-refractivity contribution >= 4 is 43.2 Å². The van der Waals surface area contributed by atoms with Crippen molar-refractivity contribution in [3.63, 3.8) is 0 Å². The highest BCUT2D eigenvalue weighted by Gasteiger charge is 2.35. The lowest BCUT2D eigenvalue weighted by molar-refractivity contribution is -0.139. The lowest BCUT2D eigenvalue weighted by Gasteiger charge is -2.36. The van der Waals surface area contributed by atoms with E-state index < -0.39 is 10.0 Å². The first-order valence-corrected chi connectivity index (χ1v) is 12.4. The lowest BCUT2D eigenvalue weighted by Crippen LogP contribution is -2.47. The van der Waals surface area contributed by atoms with Gasteiger partial charge in [-0.1, -0.05) is 20.3 Å². The van der Waals surface area contributed by atoms with Crippen LogP contribution in [0.2, 0.25) is 0 Å². The van der Waals surface area contributed by atoms with Crippen molar-refractivity contribution in [3.8, 4) is 0 Å². The summed E-state index contributed by atoms with van der Waals surface area (Å²) in [6, 6.07) is 3.63. The minimum Gasteiger partial charge on any atom is -0.340 e. The van der Waals surface area contributed by atoms with Crippen molar-refractivity contribution in [1.29, 1.82) is 0 Å². The molecular formula is C18H29BrN2O3S2. The SMILES string of the molecule is CCCCN(C(=O)C1CCN(S(=O)(=O)c2ccc(Br)s2)CC1)C(C)CC. The van der Waals surface area contributed by atoms with Crippen molar-refractivity contribution in [2.75, 3.05) is 19.6 Å². The fraction of sp³-hybridized carbons (Fsp3) is 0.722. The Morgan fingerprint density at radius 3 is 2.50 bits per heavy atom. The lowest BCUT2D eigenvalue weighted by atomic mass is 9.95. The number of rotatable bonds is 8. The Morgan fingerprint density at radius 1 is 1.35 bits per heavy atom. The number of amides is 1. The van der Waals surface area contributed by atoms with Gasteiger partial charge in [-0.3, -0.25) is 4.79 Å². The summed E-state index contributed by atoms with van der Waals surface area (Å²) in [7, 11) is -3.45. The van der Waals surface area contributed by atoms with E-state index in [0.717, 1.165) is 29.6 Å². The average Bonchev–Trinajstić information content (AvgIpc) is 3.09. The molecule has 8 heteroatoms. The largest absolute Gasteiger partial charge is 0.340 e. The first-order valence-electron chi connectivity index (χ1n) is 9.37. The molecule has 148 valence electrons. The van der Waals surface area contributed by atoms with E-state index in [-0.39, 0.29) is 17.9 Å². The fourth-order valence-corrected chi connectivity index (χ4v) is 6.87. The number of sulfonamides is 1. The van der Waals surface area contributed by atoms with E-state index >= 15 is 0 Å². The average molecular weight is 465 g/mol. The molecule has 0 saturated carbocycles. The van der Waals surface area contributed by atoms with E-state index in [4.69, 9.17) is 0 Å². The van der Waals surface area contributed by atoms with Crippen LogP contribution in [0.3, 0.4) is 0 Å². The van der Waals surface area contributed by atoms with Crippen LogP contribution in [0.15, 0.2) is 20.1 Å². The molecule has 1 fully saturated rings. The molecule has 1 amide bonds. The van der Waals surface area contributed by atoms with Gasteiger partial charge in [0.05, 0.1) is 3.79 Å². The number of carbonyl (C=O) groups is 1. The van der Waals surface area contributed by atoms with Crippen LogP contribution in [0.5, 0.6) is 0 Å². The molecule has 1 saturated heterocycles. The van der Waals surface area contributed by atoms with E-state index in [1.54, 1.807) is 12.1 Å². The first-order chi connectivity index (χ1) is 12.3. The molecule has 0 bridgehead atoms. The second-order valence-corrected chi connectivity index (χ2v) is 11.5. The molecule has 0 aromatic carbocycles. The number of unbranched alkanes of at least 4 members (excludes halogenated alkanes) is 1. The zero-order valence-corrected chi connectivity index (χ0v) is 19.0. The second-order valence-electron chi connectivity index (χ2n) is 6.88. The van der Waals surface area contributed by atoms with Crippen LogP contribution in [0, 0.1) is 5.92 Å². The minimum absolute atomic E-state index is 0.0672. The van der Waals surface area contributed by atoms with Gasteiger partial charge in [-0.15, -0.1) is 11.3 Å². The smallest absolute Gasteiger partial charge is 0.252 e. The summed E-state index contributed by atoms with van der Waals surface area (Å²) in [5.41, 5.74) is 0. The van der Waals surface area contributed by atoms with E-state index in [0.29, 0.717) is 30.1 Å². The maximum Gasteiger partial charge on any atom is 0.252 e. The molecule has 2 rings (SSSR count). The van der Waals surface area contributed by atoms with Gasteiger partial charge in [0.25, 0.3) is 10.0 Å². The molecule has 1 aromatic rings. The number of halogens is 1. The molecule has 0 spiro atoms. The van der Waals surface area contributed by atoms with Gasteiger partial charge in [0.2, 0.25) is 5.91 Å². The van der Waals surface area contributed by atoms with Gasteiger partial charge < -0.3 is 4.90 Å². The first kappa shape index (κ1) is 21.9. The summed E-state index contributed by atoms with van der Waals surface area (Å²) in [5.74, 6) is 0.131. The van der Waals surface area contributed by atoms with E-state index in [1.165, 1.54) is 15.6 Å².